The van der Waals surface area contributed by atoms with Gasteiger partial charge in [0.1, 0.15) is 29.2 Å². The van der Waals surface area contributed by atoms with Gasteiger partial charge in [-0.1, -0.05) is 16.8 Å². The van der Waals surface area contributed by atoms with Crippen LogP contribution in [0.4, 0.5) is 23.4 Å². The van der Waals surface area contributed by atoms with Gasteiger partial charge in [0, 0.05) is 24.0 Å². The van der Waals surface area contributed by atoms with E-state index < -0.39 is 46.2 Å². The number of aromatic nitrogens is 4. The molecular weight excluding hydrogens is 548 g/mol. The second kappa shape index (κ2) is 10.4. The van der Waals surface area contributed by atoms with Gasteiger partial charge in [0.05, 0.1) is 24.8 Å². The van der Waals surface area contributed by atoms with Crippen LogP contribution < -0.4 is 10.5 Å². The van der Waals surface area contributed by atoms with E-state index >= 15 is 0 Å². The van der Waals surface area contributed by atoms with E-state index in [-0.39, 0.29) is 53.8 Å². The van der Waals surface area contributed by atoms with E-state index in [9.17, 15) is 30.8 Å². The molecule has 0 bridgehead atoms. The first-order chi connectivity index (χ1) is 17.3. The molecule has 3 aromatic heterocycles. The van der Waals surface area contributed by atoms with Crippen molar-refractivity contribution in [3.05, 3.63) is 58.6 Å². The second-order valence-electron chi connectivity index (χ2n) is 8.36. The number of halogens is 5. The minimum Gasteiger partial charge on any atom is -0.364 e. The van der Waals surface area contributed by atoms with E-state index in [2.05, 4.69) is 29.1 Å². The van der Waals surface area contributed by atoms with E-state index in [0.717, 1.165) is 12.4 Å². The lowest BCUT2D eigenvalue weighted by Crippen LogP contribution is -2.27. The van der Waals surface area contributed by atoms with Crippen LogP contribution in [0.5, 0.6) is 0 Å². The molecule has 3 atom stereocenters. The van der Waals surface area contributed by atoms with E-state index in [1.807, 2.05) is 0 Å². The van der Waals surface area contributed by atoms with Gasteiger partial charge in [0.2, 0.25) is 5.76 Å². The van der Waals surface area contributed by atoms with Crippen molar-refractivity contribution in [1.82, 2.24) is 19.7 Å². The molecule has 0 amide bonds. The Morgan fingerprint density at radius 3 is 2.76 bits per heavy atom. The summed E-state index contributed by atoms with van der Waals surface area (Å²) in [5.41, 5.74) is 0.00370. The number of nitrogens with zero attached hydrogens (tertiary/aromatic N) is 4. The highest BCUT2D eigenvalue weighted by molar-refractivity contribution is 7.84. The second-order valence-corrected chi connectivity index (χ2v) is 9.96. The molecule has 37 heavy (non-hydrogen) atoms. The number of anilines is 1. The van der Waals surface area contributed by atoms with Crippen molar-refractivity contribution >= 4 is 33.5 Å². The highest BCUT2D eigenvalue weighted by atomic mass is 35.5. The maximum Gasteiger partial charge on any atom is 0.452 e. The zero-order chi connectivity index (χ0) is 27.0. The Hall–Kier alpha value is -3.08. The highest BCUT2D eigenvalue weighted by Gasteiger charge is 2.37. The number of hydrogen-bond acceptors (Lipinski definition) is 9. The summed E-state index contributed by atoms with van der Waals surface area (Å²) < 4.78 is 85.0. The average molecular weight is 567 g/mol. The van der Waals surface area contributed by atoms with Crippen molar-refractivity contribution in [3.63, 3.8) is 0 Å². The molecule has 1 aliphatic carbocycles. The van der Waals surface area contributed by atoms with E-state index in [0.29, 0.717) is 0 Å². The Morgan fingerprint density at radius 2 is 2.08 bits per heavy atom. The minimum atomic E-state index is -4.70. The number of hydrogen-bond donors (Lipinski definition) is 2. The van der Waals surface area contributed by atoms with Crippen LogP contribution in [-0.2, 0) is 27.2 Å². The summed E-state index contributed by atoms with van der Waals surface area (Å²) in [7, 11) is -4.16. The molecule has 3 unspecified atom stereocenters. The van der Waals surface area contributed by atoms with Gasteiger partial charge in [-0.3, -0.25) is 8.98 Å². The average Bonchev–Trinajstić information content (AvgIpc) is 3.52. The Kier molecular flexibility index (Phi) is 7.55. The molecule has 3 heterocycles. The van der Waals surface area contributed by atoms with Crippen LogP contribution in [0, 0.1) is 5.92 Å². The van der Waals surface area contributed by atoms with Crippen LogP contribution in [0.15, 0.2) is 35.4 Å². The van der Waals surface area contributed by atoms with Gasteiger partial charge in [0.25, 0.3) is 0 Å². The summed E-state index contributed by atoms with van der Waals surface area (Å²) >= 11 is 6.17. The zero-order valence-electron chi connectivity index (χ0n) is 18.7. The van der Waals surface area contributed by atoms with Gasteiger partial charge in [-0.25, -0.2) is 19.5 Å². The molecule has 0 saturated heterocycles. The number of alkyl halides is 4. The molecule has 1 aliphatic rings. The first-order valence-corrected chi connectivity index (χ1v) is 12.5. The van der Waals surface area contributed by atoms with Crippen molar-refractivity contribution in [2.24, 2.45) is 11.1 Å². The third kappa shape index (κ3) is 6.63. The number of carbonyl (C=O) groups excluding carboxylic acids is 1. The highest BCUT2D eigenvalue weighted by Crippen LogP contribution is 2.32. The number of nitrogens with two attached hydrogens (primary N) is 1. The summed E-state index contributed by atoms with van der Waals surface area (Å²) in [6, 6.07) is 1.24. The third-order valence-electron chi connectivity index (χ3n) is 5.61. The topological polar surface area (TPSA) is 155 Å². The molecule has 0 aromatic carbocycles. The molecule has 3 aromatic rings. The number of ketones is 1. The first-order valence-electron chi connectivity index (χ1n) is 10.6. The van der Waals surface area contributed by atoms with Crippen LogP contribution in [0.1, 0.15) is 40.2 Å². The maximum atomic E-state index is 14.6. The SMILES string of the molecule is NS(=O)(=O)OCC1CC(F)C(Nc2ncncc2C(=O)c2cc(Cl)n(Cc3cc(C(F)(F)F)on3)c2)C1. The van der Waals surface area contributed by atoms with Crippen LogP contribution >= 0.6 is 11.6 Å². The Bertz CT molecular complexity index is 1400. The van der Waals surface area contributed by atoms with E-state index in [4.69, 9.17) is 16.7 Å². The Labute approximate surface area is 212 Å². The summed E-state index contributed by atoms with van der Waals surface area (Å²) in [6.07, 6.45) is -2.18. The lowest BCUT2D eigenvalue weighted by Gasteiger charge is -2.17. The molecule has 200 valence electrons. The van der Waals surface area contributed by atoms with Crippen LogP contribution in [0.3, 0.4) is 0 Å². The Morgan fingerprint density at radius 1 is 1.32 bits per heavy atom. The number of rotatable bonds is 9. The Balaban J connectivity index is 1.48. The van der Waals surface area contributed by atoms with E-state index in [1.165, 1.54) is 23.0 Å². The van der Waals surface area contributed by atoms with Crippen molar-refractivity contribution < 1.29 is 39.5 Å². The summed E-state index contributed by atoms with van der Waals surface area (Å²) in [5.74, 6) is -2.25. The molecule has 1 saturated carbocycles. The quantitative estimate of drug-likeness (QED) is 0.294. The first kappa shape index (κ1) is 27.0. The normalized spacial score (nSPS) is 20.3. The molecule has 11 nitrogen and oxygen atoms in total. The van der Waals surface area contributed by atoms with Gasteiger partial charge in [-0.2, -0.15) is 21.6 Å². The largest absolute Gasteiger partial charge is 0.452 e. The molecule has 17 heteroatoms. The number of carbonyl (C=O) groups is 1. The van der Waals surface area contributed by atoms with Gasteiger partial charge in [0.15, 0.2) is 5.78 Å². The molecule has 3 N–H and O–H groups in total. The molecule has 4 rings (SSSR count). The zero-order valence-corrected chi connectivity index (χ0v) is 20.2. The third-order valence-corrected chi connectivity index (χ3v) is 6.40. The summed E-state index contributed by atoms with van der Waals surface area (Å²) in [5, 5.41) is 11.1. The van der Waals surface area contributed by atoms with Gasteiger partial charge in [-0.05, 0) is 24.8 Å². The van der Waals surface area contributed by atoms with Crippen LogP contribution in [-0.4, -0.2) is 52.7 Å². The van der Waals surface area contributed by atoms with Gasteiger partial charge >= 0.3 is 16.5 Å². The summed E-state index contributed by atoms with van der Waals surface area (Å²) in [4.78, 5) is 21.1. The molecule has 1 fully saturated rings. The monoisotopic (exact) mass is 566 g/mol. The maximum absolute atomic E-state index is 14.6. The van der Waals surface area contributed by atoms with Crippen LogP contribution in [0.2, 0.25) is 5.15 Å². The van der Waals surface area contributed by atoms with Crippen molar-refractivity contribution in [3.8, 4) is 0 Å². The van der Waals surface area contributed by atoms with Gasteiger partial charge < -0.3 is 14.4 Å². The molecular formula is C20H19ClF4N6O5S. The van der Waals surface area contributed by atoms with Crippen molar-refractivity contribution in [2.45, 2.75) is 37.8 Å². The smallest absolute Gasteiger partial charge is 0.364 e. The molecule has 0 spiro atoms. The predicted molar refractivity (Wildman–Crippen MR) is 120 cm³/mol. The van der Waals surface area contributed by atoms with Crippen LogP contribution in [0.25, 0.3) is 0 Å². The molecule has 0 radical (unpaired) electrons. The van der Waals surface area contributed by atoms with E-state index in [1.54, 1.807) is 0 Å². The standard InChI is InChI=1S/C20H19ClF4N6O5S/c21-17-3-11(6-31(17)7-12-4-16(36-30-12)20(23,24)25)18(32)13-5-27-9-28-19(13)29-15-2-10(1-14(15)22)8-35-37(26,33)34/h3-6,9-10,14-15H,1-2,7-8H2,(H2,26,33,34)(H,27,28,29). The lowest BCUT2D eigenvalue weighted by molar-refractivity contribution is -0.155. The fraction of sp³-hybridized carbons (Fsp3) is 0.400. The lowest BCUT2D eigenvalue weighted by atomic mass is 10.1. The van der Waals surface area contributed by atoms with Crippen molar-refractivity contribution in [1.29, 1.82) is 0 Å². The predicted octanol–water partition coefficient (Wildman–Crippen LogP) is 2.97. The fourth-order valence-electron chi connectivity index (χ4n) is 3.92. The fourth-order valence-corrected chi connectivity index (χ4v) is 4.53. The van der Waals surface area contributed by atoms with Gasteiger partial charge in [-0.15, -0.1) is 0 Å². The minimum absolute atomic E-state index is 0.00598. The number of nitrogens with one attached hydrogen (secondary N) is 1. The van der Waals surface area contributed by atoms with Crippen molar-refractivity contribution in [2.75, 3.05) is 11.9 Å². The molecule has 0 aliphatic heterocycles. The summed E-state index contributed by atoms with van der Waals surface area (Å²) in [6.45, 7) is -0.481.